The third-order valence-electron chi connectivity index (χ3n) is 1.80. The summed E-state index contributed by atoms with van der Waals surface area (Å²) in [6, 6.07) is 6.81. The van der Waals surface area contributed by atoms with Crippen LogP contribution in [0.5, 0.6) is 5.75 Å². The van der Waals surface area contributed by atoms with Crippen molar-refractivity contribution in [3.63, 3.8) is 0 Å². The third-order valence-corrected chi connectivity index (χ3v) is 2.05. The minimum atomic E-state index is -0.335. The number of rotatable bonds is 4. The zero-order chi connectivity index (χ0) is 12.0. The smallest absolute Gasteiger partial charge is 0.239 e. The van der Waals surface area contributed by atoms with Gasteiger partial charge in [-0.3, -0.25) is 4.79 Å². The molecule has 16 heavy (non-hydrogen) atoms. The molecule has 1 N–H and O–H groups in total. The SMILES string of the molecule is CCOc1ccc(C#N)cc1NC(=O)CCl. The van der Waals surface area contributed by atoms with E-state index in [2.05, 4.69) is 5.32 Å². The van der Waals surface area contributed by atoms with Gasteiger partial charge in [0.1, 0.15) is 11.6 Å². The monoisotopic (exact) mass is 238 g/mol. The van der Waals surface area contributed by atoms with Gasteiger partial charge in [-0.2, -0.15) is 5.26 Å². The molecular weight excluding hydrogens is 228 g/mol. The van der Waals surface area contributed by atoms with Crippen LogP contribution in [0.25, 0.3) is 0 Å². The van der Waals surface area contributed by atoms with Gasteiger partial charge in [0.15, 0.2) is 0 Å². The molecule has 4 nitrogen and oxygen atoms in total. The Balaban J connectivity index is 3.01. The first-order chi connectivity index (χ1) is 7.71. The van der Waals surface area contributed by atoms with Crippen molar-refractivity contribution >= 4 is 23.2 Å². The lowest BCUT2D eigenvalue weighted by atomic mass is 10.2. The van der Waals surface area contributed by atoms with Crippen LogP contribution in [0.3, 0.4) is 0 Å². The second kappa shape index (κ2) is 5.99. The summed E-state index contributed by atoms with van der Waals surface area (Å²) in [5.74, 6) is 0.0557. The quantitative estimate of drug-likeness (QED) is 0.818. The highest BCUT2D eigenvalue weighted by molar-refractivity contribution is 6.29. The van der Waals surface area contributed by atoms with E-state index in [9.17, 15) is 4.79 Å². The average Bonchev–Trinajstić information content (AvgIpc) is 2.31. The standard InChI is InChI=1S/C11H11ClN2O2/c1-2-16-10-4-3-8(7-13)5-9(10)14-11(15)6-12/h3-5H,2,6H2,1H3,(H,14,15). The van der Waals surface area contributed by atoms with E-state index in [0.717, 1.165) is 0 Å². The lowest BCUT2D eigenvalue weighted by Crippen LogP contribution is -2.13. The van der Waals surface area contributed by atoms with Crippen LogP contribution in [-0.2, 0) is 4.79 Å². The molecule has 84 valence electrons. The average molecular weight is 239 g/mol. The molecule has 0 saturated carbocycles. The third kappa shape index (κ3) is 3.14. The van der Waals surface area contributed by atoms with E-state index in [1.165, 1.54) is 0 Å². The number of alkyl halides is 1. The van der Waals surface area contributed by atoms with Crippen molar-refractivity contribution in [3.8, 4) is 11.8 Å². The number of carbonyl (C=O) groups is 1. The molecule has 0 spiro atoms. The summed E-state index contributed by atoms with van der Waals surface area (Å²) in [5, 5.41) is 11.3. The highest BCUT2D eigenvalue weighted by Crippen LogP contribution is 2.25. The zero-order valence-electron chi connectivity index (χ0n) is 8.79. The first kappa shape index (κ1) is 12.3. The molecule has 0 saturated heterocycles. The number of hydrogen-bond acceptors (Lipinski definition) is 3. The molecule has 0 aliphatic rings. The fourth-order valence-electron chi connectivity index (χ4n) is 1.16. The lowest BCUT2D eigenvalue weighted by molar-refractivity contribution is -0.113. The normalized spacial score (nSPS) is 9.31. The van der Waals surface area contributed by atoms with Crippen molar-refractivity contribution in [2.45, 2.75) is 6.92 Å². The molecule has 0 bridgehead atoms. The highest BCUT2D eigenvalue weighted by atomic mass is 35.5. The number of ether oxygens (including phenoxy) is 1. The summed E-state index contributed by atoms with van der Waals surface area (Å²) >= 11 is 5.39. The van der Waals surface area contributed by atoms with Crippen LogP contribution < -0.4 is 10.1 Å². The molecule has 5 heteroatoms. The number of nitrogens with zero attached hydrogens (tertiary/aromatic N) is 1. The summed E-state index contributed by atoms with van der Waals surface area (Å²) in [7, 11) is 0. The van der Waals surface area contributed by atoms with Crippen molar-refractivity contribution in [2.24, 2.45) is 0 Å². The van der Waals surface area contributed by atoms with Crippen molar-refractivity contribution in [1.82, 2.24) is 0 Å². The number of halogens is 1. The molecule has 1 aromatic carbocycles. The Labute approximate surface area is 98.8 Å². The van der Waals surface area contributed by atoms with Crippen LogP contribution >= 0.6 is 11.6 Å². The zero-order valence-corrected chi connectivity index (χ0v) is 9.54. The number of carbonyl (C=O) groups excluding carboxylic acids is 1. The molecule has 0 radical (unpaired) electrons. The molecule has 0 aromatic heterocycles. The van der Waals surface area contributed by atoms with Crippen LogP contribution in [0, 0.1) is 11.3 Å². The number of nitriles is 1. The van der Waals surface area contributed by atoms with E-state index in [1.54, 1.807) is 18.2 Å². The molecule has 0 fully saturated rings. The molecule has 1 amide bonds. The Kier molecular flexibility index (Phi) is 4.62. The topological polar surface area (TPSA) is 62.1 Å². The molecule has 0 aliphatic carbocycles. The Hall–Kier alpha value is -1.73. The molecule has 0 heterocycles. The summed E-state index contributed by atoms with van der Waals surface area (Å²) in [6.07, 6.45) is 0. The predicted molar refractivity (Wildman–Crippen MR) is 61.7 cm³/mol. The minimum absolute atomic E-state index is 0.137. The van der Waals surface area contributed by atoms with E-state index < -0.39 is 0 Å². The van der Waals surface area contributed by atoms with Crippen molar-refractivity contribution in [2.75, 3.05) is 17.8 Å². The second-order valence-corrected chi connectivity index (χ2v) is 3.20. The van der Waals surface area contributed by atoms with E-state index >= 15 is 0 Å². The van der Waals surface area contributed by atoms with Gasteiger partial charge in [-0.15, -0.1) is 11.6 Å². The minimum Gasteiger partial charge on any atom is -0.492 e. The number of amides is 1. The van der Waals surface area contributed by atoms with Crippen LogP contribution in [0.1, 0.15) is 12.5 Å². The number of hydrogen-bond donors (Lipinski definition) is 1. The summed E-state index contributed by atoms with van der Waals surface area (Å²) in [5.41, 5.74) is 0.917. The maximum absolute atomic E-state index is 11.2. The second-order valence-electron chi connectivity index (χ2n) is 2.94. The molecule has 0 atom stereocenters. The van der Waals surface area contributed by atoms with Crippen LogP contribution in [0.4, 0.5) is 5.69 Å². The van der Waals surface area contributed by atoms with Crippen LogP contribution in [0.15, 0.2) is 18.2 Å². The maximum Gasteiger partial charge on any atom is 0.239 e. The maximum atomic E-state index is 11.2. The van der Waals surface area contributed by atoms with E-state index in [1.807, 2.05) is 13.0 Å². The Bertz CT molecular complexity index is 426. The fraction of sp³-hybridized carbons (Fsp3) is 0.273. The molecule has 0 unspecified atom stereocenters. The number of benzene rings is 1. The van der Waals surface area contributed by atoms with Gasteiger partial charge in [0.2, 0.25) is 5.91 Å². The van der Waals surface area contributed by atoms with Crippen LogP contribution in [-0.4, -0.2) is 18.4 Å². The van der Waals surface area contributed by atoms with E-state index in [0.29, 0.717) is 23.6 Å². The van der Waals surface area contributed by atoms with Gasteiger partial charge in [0.05, 0.1) is 23.9 Å². The Morgan fingerprint density at radius 1 is 1.62 bits per heavy atom. The van der Waals surface area contributed by atoms with Gasteiger partial charge < -0.3 is 10.1 Å². The Morgan fingerprint density at radius 2 is 2.38 bits per heavy atom. The summed E-state index contributed by atoms with van der Waals surface area (Å²) in [4.78, 5) is 11.2. The summed E-state index contributed by atoms with van der Waals surface area (Å²) < 4.78 is 5.31. The molecule has 1 rings (SSSR count). The van der Waals surface area contributed by atoms with Gasteiger partial charge in [-0.1, -0.05) is 0 Å². The lowest BCUT2D eigenvalue weighted by Gasteiger charge is -2.10. The number of nitrogens with one attached hydrogen (secondary N) is 1. The van der Waals surface area contributed by atoms with Gasteiger partial charge >= 0.3 is 0 Å². The number of anilines is 1. The summed E-state index contributed by atoms with van der Waals surface area (Å²) in [6.45, 7) is 2.32. The van der Waals surface area contributed by atoms with E-state index in [4.69, 9.17) is 21.6 Å². The van der Waals surface area contributed by atoms with Crippen molar-refractivity contribution in [1.29, 1.82) is 5.26 Å². The largest absolute Gasteiger partial charge is 0.492 e. The van der Waals surface area contributed by atoms with Gasteiger partial charge in [-0.05, 0) is 25.1 Å². The fourth-order valence-corrected chi connectivity index (χ4v) is 1.23. The first-order valence-corrected chi connectivity index (χ1v) is 5.27. The predicted octanol–water partition coefficient (Wildman–Crippen LogP) is 2.13. The van der Waals surface area contributed by atoms with Crippen molar-refractivity contribution < 1.29 is 9.53 Å². The van der Waals surface area contributed by atoms with Crippen molar-refractivity contribution in [3.05, 3.63) is 23.8 Å². The molecule has 0 aliphatic heterocycles. The van der Waals surface area contributed by atoms with Crippen LogP contribution in [0.2, 0.25) is 0 Å². The Morgan fingerprint density at radius 3 is 2.94 bits per heavy atom. The van der Waals surface area contributed by atoms with Gasteiger partial charge in [0.25, 0.3) is 0 Å². The highest BCUT2D eigenvalue weighted by Gasteiger charge is 2.08. The molecular formula is C11H11ClN2O2. The van der Waals surface area contributed by atoms with Gasteiger partial charge in [0, 0.05) is 0 Å². The van der Waals surface area contributed by atoms with E-state index in [-0.39, 0.29) is 11.8 Å². The first-order valence-electron chi connectivity index (χ1n) is 4.74. The van der Waals surface area contributed by atoms with Gasteiger partial charge in [-0.25, -0.2) is 0 Å². The molecule has 1 aromatic rings.